The molecule has 0 amide bonds. The predicted molar refractivity (Wildman–Crippen MR) is 154 cm³/mol. The van der Waals surface area contributed by atoms with Crippen LogP contribution in [0.2, 0.25) is 0 Å². The van der Waals surface area contributed by atoms with E-state index in [9.17, 15) is 4.79 Å². The lowest BCUT2D eigenvalue weighted by atomic mass is 9.98. The summed E-state index contributed by atoms with van der Waals surface area (Å²) in [6.07, 6.45) is 2.95. The summed E-state index contributed by atoms with van der Waals surface area (Å²) >= 11 is 0. The molecule has 3 heterocycles. The van der Waals surface area contributed by atoms with Crippen LogP contribution in [0, 0.1) is 0 Å². The molecule has 194 valence electrons. The second-order valence-corrected chi connectivity index (χ2v) is 10.6. The maximum atomic E-state index is 11.2. The Morgan fingerprint density at radius 3 is 2.26 bits per heavy atom. The molecule has 0 aromatic heterocycles. The molecule has 38 heavy (non-hydrogen) atoms. The van der Waals surface area contributed by atoms with Gasteiger partial charge in [-0.3, -0.25) is 9.98 Å². The molecule has 6 nitrogen and oxygen atoms in total. The van der Waals surface area contributed by atoms with Crippen LogP contribution in [0.1, 0.15) is 42.0 Å². The predicted octanol–water partition coefficient (Wildman–Crippen LogP) is 5.54. The maximum absolute atomic E-state index is 11.2. The molecule has 3 aromatic rings. The van der Waals surface area contributed by atoms with Crippen LogP contribution in [-0.4, -0.2) is 61.9 Å². The number of ketones is 1. The minimum Gasteiger partial charge on any atom is -0.494 e. The molecule has 0 bridgehead atoms. The van der Waals surface area contributed by atoms with Crippen LogP contribution in [0.4, 0.5) is 17.1 Å². The standard InChI is InChI=1S/C32H34N4O2/c1-22(37)5-4-16-38-28-7-3-6-23(19-28)31-20-25-17-24(8-10-29(25)33-31)32-21-26-18-27(9-11-30(26)34-32)36-14-12-35(2)13-15-36/h3,6-11,17-19H,4-5,12-16,20-21H2,1-2H3. The molecule has 0 spiro atoms. The van der Waals surface area contributed by atoms with Crippen molar-refractivity contribution in [3.63, 3.8) is 0 Å². The van der Waals surface area contributed by atoms with Gasteiger partial charge in [-0.05, 0) is 85.1 Å². The smallest absolute Gasteiger partial charge is 0.129 e. The van der Waals surface area contributed by atoms with Crippen LogP contribution in [0.3, 0.4) is 0 Å². The second-order valence-electron chi connectivity index (χ2n) is 10.6. The van der Waals surface area contributed by atoms with Crippen molar-refractivity contribution in [1.82, 2.24) is 4.90 Å². The van der Waals surface area contributed by atoms with Gasteiger partial charge in [0.05, 0.1) is 29.4 Å². The van der Waals surface area contributed by atoms with E-state index in [2.05, 4.69) is 65.4 Å². The van der Waals surface area contributed by atoms with Gasteiger partial charge in [0.15, 0.2) is 0 Å². The van der Waals surface area contributed by atoms with E-state index in [1.165, 1.54) is 22.4 Å². The molecule has 0 atom stereocenters. The molecule has 6 heteroatoms. The van der Waals surface area contributed by atoms with Gasteiger partial charge in [0.2, 0.25) is 0 Å². The summed E-state index contributed by atoms with van der Waals surface area (Å²) in [6.45, 7) is 6.52. The molecule has 0 aliphatic carbocycles. The van der Waals surface area contributed by atoms with Gasteiger partial charge < -0.3 is 19.3 Å². The van der Waals surface area contributed by atoms with Crippen LogP contribution >= 0.6 is 0 Å². The number of anilines is 1. The Morgan fingerprint density at radius 2 is 1.53 bits per heavy atom. The first-order chi connectivity index (χ1) is 18.5. The number of hydrogen-bond acceptors (Lipinski definition) is 6. The van der Waals surface area contributed by atoms with Crippen LogP contribution < -0.4 is 9.64 Å². The largest absolute Gasteiger partial charge is 0.494 e. The molecule has 0 N–H and O–H groups in total. The van der Waals surface area contributed by atoms with Crippen molar-refractivity contribution in [2.75, 3.05) is 44.7 Å². The molecule has 3 aromatic carbocycles. The number of carbonyl (C=O) groups is 1. The first-order valence-corrected chi connectivity index (χ1v) is 13.6. The number of hydrogen-bond donors (Lipinski definition) is 0. The van der Waals surface area contributed by atoms with Crippen molar-refractivity contribution >= 4 is 34.3 Å². The van der Waals surface area contributed by atoms with Crippen molar-refractivity contribution in [1.29, 1.82) is 0 Å². The van der Waals surface area contributed by atoms with Gasteiger partial charge in [-0.1, -0.05) is 18.2 Å². The molecule has 3 aliphatic heterocycles. The number of Topliss-reactive ketones (excluding diaryl/α,β-unsaturated/α-hetero) is 1. The van der Waals surface area contributed by atoms with Crippen LogP contribution in [0.15, 0.2) is 70.6 Å². The third kappa shape index (κ3) is 5.27. The first kappa shape index (κ1) is 24.6. The fraction of sp³-hybridized carbons (Fsp3) is 0.344. The Kier molecular flexibility index (Phi) is 6.81. The number of rotatable bonds is 8. The fourth-order valence-corrected chi connectivity index (χ4v) is 5.44. The van der Waals surface area contributed by atoms with Crippen molar-refractivity contribution in [2.24, 2.45) is 9.98 Å². The number of fused-ring (bicyclic) bond motifs is 2. The molecule has 6 rings (SSSR count). The van der Waals surface area contributed by atoms with Gasteiger partial charge in [0.1, 0.15) is 11.5 Å². The lowest BCUT2D eigenvalue weighted by molar-refractivity contribution is -0.117. The summed E-state index contributed by atoms with van der Waals surface area (Å²) in [6, 6.07) is 21.4. The van der Waals surface area contributed by atoms with Crippen molar-refractivity contribution in [2.45, 2.75) is 32.6 Å². The average molecular weight is 507 g/mol. The highest BCUT2D eigenvalue weighted by molar-refractivity contribution is 6.09. The Balaban J connectivity index is 1.12. The lowest BCUT2D eigenvalue weighted by Crippen LogP contribution is -2.44. The fourth-order valence-electron chi connectivity index (χ4n) is 5.44. The monoisotopic (exact) mass is 506 g/mol. The van der Waals surface area contributed by atoms with E-state index < -0.39 is 0 Å². The number of likely N-dealkylation sites (N-methyl/N-ethyl adjacent to an activating group) is 1. The summed E-state index contributed by atoms with van der Waals surface area (Å²) in [5.41, 5.74) is 10.4. The number of piperazine rings is 1. The topological polar surface area (TPSA) is 57.5 Å². The number of nitrogens with zero attached hydrogens (tertiary/aromatic N) is 4. The maximum Gasteiger partial charge on any atom is 0.129 e. The van der Waals surface area contributed by atoms with Gasteiger partial charge >= 0.3 is 0 Å². The summed E-state index contributed by atoms with van der Waals surface area (Å²) in [7, 11) is 2.19. The van der Waals surface area contributed by atoms with E-state index in [0.29, 0.717) is 13.0 Å². The average Bonchev–Trinajstić information content (AvgIpc) is 3.55. The normalized spacial score (nSPS) is 16.6. The second kappa shape index (κ2) is 10.5. The SMILES string of the molecule is CC(=O)CCCOc1cccc(C2=Nc3ccc(C4=Nc5ccc(N6CCN(C)CC6)cc5C4)cc3C2)c1. The van der Waals surface area contributed by atoms with E-state index >= 15 is 0 Å². The number of ether oxygens (including phenoxy) is 1. The highest BCUT2D eigenvalue weighted by atomic mass is 16.5. The first-order valence-electron chi connectivity index (χ1n) is 13.6. The zero-order valence-corrected chi connectivity index (χ0v) is 22.2. The van der Waals surface area contributed by atoms with Crippen molar-refractivity contribution in [3.8, 4) is 5.75 Å². The van der Waals surface area contributed by atoms with E-state index in [1.807, 2.05) is 12.1 Å². The molecule has 3 aliphatic rings. The van der Waals surface area contributed by atoms with Crippen molar-refractivity contribution < 1.29 is 9.53 Å². The lowest BCUT2D eigenvalue weighted by Gasteiger charge is -2.34. The molecule has 0 saturated carbocycles. The molecule has 1 fully saturated rings. The minimum atomic E-state index is 0.197. The molecule has 0 unspecified atom stereocenters. The minimum absolute atomic E-state index is 0.197. The zero-order chi connectivity index (χ0) is 26.1. The Hall–Kier alpha value is -3.77. The molecule has 0 radical (unpaired) electrons. The van der Waals surface area contributed by atoms with Gasteiger partial charge in [-0.25, -0.2) is 0 Å². The highest BCUT2D eigenvalue weighted by Gasteiger charge is 2.22. The molecule has 1 saturated heterocycles. The Bertz CT molecular complexity index is 1430. The van der Waals surface area contributed by atoms with E-state index in [4.69, 9.17) is 14.7 Å². The third-order valence-corrected chi connectivity index (χ3v) is 7.68. The Labute approximate surface area is 224 Å². The van der Waals surface area contributed by atoms with Crippen molar-refractivity contribution in [3.05, 3.63) is 82.9 Å². The van der Waals surface area contributed by atoms with Crippen LogP contribution in [-0.2, 0) is 17.6 Å². The quantitative estimate of drug-likeness (QED) is 0.377. The summed E-state index contributed by atoms with van der Waals surface area (Å²) in [5, 5.41) is 0. The van der Waals surface area contributed by atoms with E-state index in [-0.39, 0.29) is 5.78 Å². The van der Waals surface area contributed by atoms with Gasteiger partial charge in [0, 0.05) is 51.1 Å². The summed E-state index contributed by atoms with van der Waals surface area (Å²) in [4.78, 5) is 25.9. The van der Waals surface area contributed by atoms with Crippen LogP contribution in [0.5, 0.6) is 5.75 Å². The zero-order valence-electron chi connectivity index (χ0n) is 22.2. The van der Waals surface area contributed by atoms with E-state index in [0.717, 1.165) is 79.6 Å². The van der Waals surface area contributed by atoms with Crippen LogP contribution in [0.25, 0.3) is 0 Å². The highest BCUT2D eigenvalue weighted by Crippen LogP contribution is 2.35. The number of carbonyl (C=O) groups excluding carboxylic acids is 1. The summed E-state index contributed by atoms with van der Waals surface area (Å²) < 4.78 is 5.87. The molecular weight excluding hydrogens is 472 g/mol. The number of benzene rings is 3. The Morgan fingerprint density at radius 1 is 0.842 bits per heavy atom. The summed E-state index contributed by atoms with van der Waals surface area (Å²) in [5.74, 6) is 1.02. The van der Waals surface area contributed by atoms with Gasteiger partial charge in [-0.15, -0.1) is 0 Å². The van der Waals surface area contributed by atoms with Gasteiger partial charge in [-0.2, -0.15) is 0 Å². The number of aliphatic imine (C=N–C) groups is 2. The van der Waals surface area contributed by atoms with E-state index in [1.54, 1.807) is 6.92 Å². The molecular formula is C32H34N4O2. The van der Waals surface area contributed by atoms with Gasteiger partial charge in [0.25, 0.3) is 0 Å². The third-order valence-electron chi connectivity index (χ3n) is 7.68.